The van der Waals surface area contributed by atoms with Gasteiger partial charge in [-0.3, -0.25) is 4.79 Å². The second kappa shape index (κ2) is 12.2. The van der Waals surface area contributed by atoms with Crippen LogP contribution in [0.1, 0.15) is 38.7 Å². The largest absolute Gasteiger partial charge is 0.303 e. The van der Waals surface area contributed by atoms with Gasteiger partial charge in [-0.1, -0.05) is 87.1 Å². The normalized spacial score (nSPS) is 11.8. The summed E-state index contributed by atoms with van der Waals surface area (Å²) in [7, 11) is 0. The molecule has 0 radical (unpaired) electrons. The van der Waals surface area contributed by atoms with Crippen LogP contribution in [0.25, 0.3) is 11.1 Å². The zero-order valence-corrected chi connectivity index (χ0v) is 17.6. The maximum absolute atomic E-state index is 12.6. The zero-order chi connectivity index (χ0) is 18.1. The van der Waals surface area contributed by atoms with Gasteiger partial charge in [0.1, 0.15) is 0 Å². The summed E-state index contributed by atoms with van der Waals surface area (Å²) >= 11 is 1.48. The van der Waals surface area contributed by atoms with Gasteiger partial charge < -0.3 is 4.90 Å². The van der Waals surface area contributed by atoms with Crippen LogP contribution in [0.2, 0.25) is 0 Å². The molecule has 0 aromatic heterocycles. The summed E-state index contributed by atoms with van der Waals surface area (Å²) < 4.78 is 0. The molecule has 2 aromatic rings. The topological polar surface area (TPSA) is 20.3 Å². The third-order valence-electron chi connectivity index (χ3n) is 4.66. The molecule has 2 nitrogen and oxygen atoms in total. The Morgan fingerprint density at radius 1 is 0.923 bits per heavy atom. The van der Waals surface area contributed by atoms with Crippen molar-refractivity contribution in [2.24, 2.45) is 0 Å². The molecule has 0 unspecified atom stereocenters. The minimum atomic E-state index is -0.00785. The highest BCUT2D eigenvalue weighted by Crippen LogP contribution is 2.28. The summed E-state index contributed by atoms with van der Waals surface area (Å²) in [6.45, 7) is 9.50. The van der Waals surface area contributed by atoms with Crippen LogP contribution in [-0.2, 0) is 4.79 Å². The average Bonchev–Trinajstić information content (AvgIpc) is 2.67. The first kappa shape index (κ1) is 22.8. The van der Waals surface area contributed by atoms with Crippen LogP contribution in [0.3, 0.4) is 0 Å². The molecule has 1 atom stereocenters. The molecule has 142 valence electrons. The van der Waals surface area contributed by atoms with E-state index in [-0.39, 0.29) is 18.3 Å². The predicted molar refractivity (Wildman–Crippen MR) is 117 cm³/mol. The third-order valence-corrected chi connectivity index (χ3v) is 5.61. The molecular formula is C22H30ClNOS. The van der Waals surface area contributed by atoms with Gasteiger partial charge in [-0.25, -0.2) is 0 Å². The van der Waals surface area contributed by atoms with Crippen LogP contribution in [0.4, 0.5) is 0 Å². The van der Waals surface area contributed by atoms with Gasteiger partial charge in [0.25, 0.3) is 0 Å². The van der Waals surface area contributed by atoms with Crippen molar-refractivity contribution >= 4 is 29.3 Å². The summed E-state index contributed by atoms with van der Waals surface area (Å²) in [6, 6.07) is 18.8. The predicted octanol–water partition coefficient (Wildman–Crippen LogP) is 5.87. The van der Waals surface area contributed by atoms with Crippen molar-refractivity contribution in [1.82, 2.24) is 4.90 Å². The Kier molecular flexibility index (Phi) is 10.6. The highest BCUT2D eigenvalue weighted by molar-refractivity contribution is 8.13. The average molecular weight is 392 g/mol. The van der Waals surface area contributed by atoms with Crippen LogP contribution < -0.4 is 0 Å². The quantitative estimate of drug-likeness (QED) is 0.533. The standard InChI is InChI=1S/C22H29NOS.ClH/c1-4-21(22(24)25-17-16-23(5-2)6-3)20-14-12-19(13-15-20)18-10-8-7-9-11-18;/h7-15,21H,4-6,16-17H2,1-3H3;1H/t21-;/m0./s1. The number of carbonyl (C=O) groups is 1. The van der Waals surface area contributed by atoms with Crippen molar-refractivity contribution in [3.63, 3.8) is 0 Å². The summed E-state index contributed by atoms with van der Waals surface area (Å²) in [6.07, 6.45) is 0.849. The SMILES string of the molecule is CC[C@H](C(=O)SCCN(CC)CC)c1ccc(-c2ccccc2)cc1.Cl. The summed E-state index contributed by atoms with van der Waals surface area (Å²) in [5.74, 6) is 0.866. The lowest BCUT2D eigenvalue weighted by Crippen LogP contribution is -2.26. The first-order chi connectivity index (χ1) is 12.2. The molecule has 26 heavy (non-hydrogen) atoms. The molecule has 0 N–H and O–H groups in total. The van der Waals surface area contributed by atoms with E-state index < -0.39 is 0 Å². The Balaban J connectivity index is 0.00000338. The molecule has 0 spiro atoms. The van der Waals surface area contributed by atoms with E-state index in [2.05, 4.69) is 62.1 Å². The Labute approximate surface area is 168 Å². The summed E-state index contributed by atoms with van der Waals surface area (Å²) in [4.78, 5) is 15.0. The summed E-state index contributed by atoms with van der Waals surface area (Å²) in [5.41, 5.74) is 3.53. The molecule has 0 saturated carbocycles. The number of hydrogen-bond acceptors (Lipinski definition) is 3. The molecular weight excluding hydrogens is 362 g/mol. The molecule has 0 bridgehead atoms. The number of benzene rings is 2. The Hall–Kier alpha value is -1.29. The van der Waals surface area contributed by atoms with Crippen molar-refractivity contribution < 1.29 is 4.79 Å². The van der Waals surface area contributed by atoms with Gasteiger partial charge in [0.05, 0.1) is 5.92 Å². The first-order valence-electron chi connectivity index (χ1n) is 9.23. The smallest absolute Gasteiger partial charge is 0.196 e. The lowest BCUT2D eigenvalue weighted by molar-refractivity contribution is -0.112. The second-order valence-electron chi connectivity index (χ2n) is 6.14. The van der Waals surface area contributed by atoms with Crippen molar-refractivity contribution in [3.05, 3.63) is 60.2 Å². The van der Waals surface area contributed by atoms with Gasteiger partial charge in [-0.15, -0.1) is 12.4 Å². The van der Waals surface area contributed by atoms with Gasteiger partial charge in [0.2, 0.25) is 0 Å². The molecule has 2 rings (SSSR count). The monoisotopic (exact) mass is 391 g/mol. The Bertz CT molecular complexity index is 641. The van der Waals surface area contributed by atoms with Crippen LogP contribution in [0.15, 0.2) is 54.6 Å². The summed E-state index contributed by atoms with van der Waals surface area (Å²) in [5, 5.41) is 0.294. The van der Waals surface area contributed by atoms with Crippen molar-refractivity contribution in [1.29, 1.82) is 0 Å². The van der Waals surface area contributed by atoms with E-state index in [1.54, 1.807) is 0 Å². The maximum atomic E-state index is 12.6. The zero-order valence-electron chi connectivity index (χ0n) is 16.0. The van der Waals surface area contributed by atoms with E-state index in [4.69, 9.17) is 0 Å². The van der Waals surface area contributed by atoms with Gasteiger partial charge in [0.15, 0.2) is 5.12 Å². The van der Waals surface area contributed by atoms with Crippen molar-refractivity contribution in [2.45, 2.75) is 33.1 Å². The van der Waals surface area contributed by atoms with Crippen LogP contribution in [0, 0.1) is 0 Å². The van der Waals surface area contributed by atoms with Gasteiger partial charge in [-0.05, 0) is 36.2 Å². The molecule has 0 saturated heterocycles. The van der Waals surface area contributed by atoms with E-state index in [9.17, 15) is 4.79 Å². The van der Waals surface area contributed by atoms with Gasteiger partial charge in [-0.2, -0.15) is 0 Å². The lowest BCUT2D eigenvalue weighted by Gasteiger charge is -2.18. The molecule has 0 aliphatic carbocycles. The molecule has 0 aliphatic heterocycles. The van der Waals surface area contributed by atoms with Crippen LogP contribution in [0.5, 0.6) is 0 Å². The number of nitrogens with zero attached hydrogens (tertiary/aromatic N) is 1. The van der Waals surface area contributed by atoms with E-state index >= 15 is 0 Å². The van der Waals surface area contributed by atoms with Crippen molar-refractivity contribution in [2.75, 3.05) is 25.4 Å². The molecule has 0 heterocycles. The number of halogens is 1. The highest BCUT2D eigenvalue weighted by atomic mass is 35.5. The van der Waals surface area contributed by atoms with Crippen LogP contribution >= 0.6 is 24.2 Å². The molecule has 0 amide bonds. The Morgan fingerprint density at radius 3 is 2.04 bits per heavy atom. The van der Waals surface area contributed by atoms with Gasteiger partial charge >= 0.3 is 0 Å². The van der Waals surface area contributed by atoms with E-state index in [1.165, 1.54) is 22.9 Å². The molecule has 0 aliphatic rings. The van der Waals surface area contributed by atoms with E-state index in [0.29, 0.717) is 5.12 Å². The maximum Gasteiger partial charge on any atom is 0.196 e. The van der Waals surface area contributed by atoms with E-state index in [1.807, 2.05) is 18.2 Å². The fraction of sp³-hybridized carbons (Fsp3) is 0.409. The minimum absolute atomic E-state index is 0. The fourth-order valence-electron chi connectivity index (χ4n) is 2.99. The van der Waals surface area contributed by atoms with E-state index in [0.717, 1.165) is 37.4 Å². The number of hydrogen-bond donors (Lipinski definition) is 0. The first-order valence-corrected chi connectivity index (χ1v) is 10.2. The van der Waals surface area contributed by atoms with Gasteiger partial charge in [0, 0.05) is 12.3 Å². The molecule has 2 aromatic carbocycles. The highest BCUT2D eigenvalue weighted by Gasteiger charge is 2.19. The number of thioether (sulfide) groups is 1. The fourth-order valence-corrected chi connectivity index (χ4v) is 4.05. The van der Waals surface area contributed by atoms with Crippen LogP contribution in [-0.4, -0.2) is 35.4 Å². The second-order valence-corrected chi connectivity index (χ2v) is 7.24. The third kappa shape index (κ3) is 6.46. The number of carbonyl (C=O) groups excluding carboxylic acids is 1. The van der Waals surface area contributed by atoms with Crippen molar-refractivity contribution in [3.8, 4) is 11.1 Å². The molecule has 0 fully saturated rings. The lowest BCUT2D eigenvalue weighted by atomic mass is 9.95. The minimum Gasteiger partial charge on any atom is -0.303 e. The Morgan fingerprint density at radius 2 is 1.50 bits per heavy atom. The number of rotatable bonds is 9. The molecule has 4 heteroatoms.